The molecular formula is C30H25N3O2S2. The van der Waals surface area contributed by atoms with E-state index in [0.29, 0.717) is 15.8 Å². The van der Waals surface area contributed by atoms with Gasteiger partial charge in [0.05, 0.1) is 16.3 Å². The first-order valence-electron chi connectivity index (χ1n) is 11.8. The Morgan fingerprint density at radius 1 is 1.03 bits per heavy atom. The third kappa shape index (κ3) is 5.14. The van der Waals surface area contributed by atoms with Crippen LogP contribution in [-0.4, -0.2) is 26.6 Å². The highest BCUT2D eigenvalue weighted by atomic mass is 32.2. The van der Waals surface area contributed by atoms with Crippen molar-refractivity contribution in [1.82, 2.24) is 9.78 Å². The predicted molar refractivity (Wildman–Crippen MR) is 156 cm³/mol. The summed E-state index contributed by atoms with van der Waals surface area (Å²) in [4.78, 5) is 15.6. The van der Waals surface area contributed by atoms with Crippen molar-refractivity contribution >= 4 is 46.0 Å². The van der Waals surface area contributed by atoms with Crippen LogP contribution in [0.2, 0.25) is 0 Å². The number of thiocarbonyl (C=S) groups is 1. The first kappa shape index (κ1) is 24.7. The van der Waals surface area contributed by atoms with Crippen molar-refractivity contribution in [3.05, 3.63) is 113 Å². The van der Waals surface area contributed by atoms with Crippen molar-refractivity contribution in [2.24, 2.45) is 0 Å². The van der Waals surface area contributed by atoms with Gasteiger partial charge >= 0.3 is 0 Å². The molecular weight excluding hydrogens is 498 g/mol. The van der Waals surface area contributed by atoms with E-state index in [1.807, 2.05) is 104 Å². The Morgan fingerprint density at radius 3 is 2.49 bits per heavy atom. The lowest BCUT2D eigenvalue weighted by atomic mass is 10.0. The molecule has 0 aliphatic carbocycles. The van der Waals surface area contributed by atoms with E-state index in [-0.39, 0.29) is 5.91 Å². The van der Waals surface area contributed by atoms with Crippen LogP contribution in [0.5, 0.6) is 5.75 Å². The van der Waals surface area contributed by atoms with Crippen LogP contribution in [0.3, 0.4) is 0 Å². The maximum absolute atomic E-state index is 13.4. The number of amides is 1. The minimum atomic E-state index is -0.137. The van der Waals surface area contributed by atoms with Crippen molar-refractivity contribution in [2.75, 3.05) is 11.5 Å². The Balaban J connectivity index is 1.56. The van der Waals surface area contributed by atoms with Gasteiger partial charge in [-0.05, 0) is 68.0 Å². The van der Waals surface area contributed by atoms with Crippen LogP contribution in [0.4, 0.5) is 5.69 Å². The highest BCUT2D eigenvalue weighted by Gasteiger charge is 2.33. The molecule has 5 nitrogen and oxygen atoms in total. The highest BCUT2D eigenvalue weighted by Crippen LogP contribution is 2.38. The van der Waals surface area contributed by atoms with Gasteiger partial charge in [-0.25, -0.2) is 4.68 Å². The summed E-state index contributed by atoms with van der Waals surface area (Å²) in [6, 6.07) is 23.7. The lowest BCUT2D eigenvalue weighted by Gasteiger charge is -2.14. The predicted octanol–water partition coefficient (Wildman–Crippen LogP) is 7.13. The maximum Gasteiger partial charge on any atom is 0.270 e. The van der Waals surface area contributed by atoms with Gasteiger partial charge in [-0.3, -0.25) is 9.69 Å². The molecule has 0 unspecified atom stereocenters. The number of rotatable bonds is 7. The molecule has 0 bridgehead atoms. The van der Waals surface area contributed by atoms with E-state index in [1.165, 1.54) is 11.8 Å². The fourth-order valence-corrected chi connectivity index (χ4v) is 5.35. The van der Waals surface area contributed by atoms with Crippen molar-refractivity contribution in [3.63, 3.8) is 0 Å². The number of nitrogens with zero attached hydrogens (tertiary/aromatic N) is 3. The second-order valence-electron chi connectivity index (χ2n) is 8.65. The zero-order valence-electron chi connectivity index (χ0n) is 20.5. The number of aryl methyl sites for hydroxylation is 2. The molecule has 5 rings (SSSR count). The van der Waals surface area contributed by atoms with Crippen LogP contribution in [0, 0.1) is 13.8 Å². The van der Waals surface area contributed by atoms with Gasteiger partial charge in [0.2, 0.25) is 0 Å². The summed E-state index contributed by atoms with van der Waals surface area (Å²) >= 11 is 6.89. The molecule has 1 amide bonds. The number of para-hydroxylation sites is 1. The van der Waals surface area contributed by atoms with Crippen molar-refractivity contribution in [2.45, 2.75) is 13.8 Å². The van der Waals surface area contributed by atoms with Crippen LogP contribution < -0.4 is 9.64 Å². The van der Waals surface area contributed by atoms with E-state index in [4.69, 9.17) is 22.1 Å². The second-order valence-corrected chi connectivity index (χ2v) is 10.3. The molecule has 0 radical (unpaired) electrons. The average Bonchev–Trinajstić information content (AvgIpc) is 3.45. The summed E-state index contributed by atoms with van der Waals surface area (Å²) in [6.07, 6.45) is 5.55. The first-order valence-corrected chi connectivity index (χ1v) is 13.0. The molecule has 1 fully saturated rings. The number of hydrogen-bond donors (Lipinski definition) is 0. The standard InChI is InChI=1S/C30H25N3O2S2/c1-4-16-35-26-15-12-22(17-21(26)3)28-23(19-32(31-28)24-8-6-5-7-9-24)18-27-29(34)33(30(36)37-27)25-13-10-20(2)11-14-25/h4-15,17-19H,1,16H2,2-3H3/b27-18+. The lowest BCUT2D eigenvalue weighted by molar-refractivity contribution is -0.113. The highest BCUT2D eigenvalue weighted by molar-refractivity contribution is 8.27. The van der Waals surface area contributed by atoms with E-state index in [9.17, 15) is 4.79 Å². The number of anilines is 1. The largest absolute Gasteiger partial charge is 0.489 e. The summed E-state index contributed by atoms with van der Waals surface area (Å²) in [5, 5.41) is 4.90. The Kier molecular flexibility index (Phi) is 7.08. The third-order valence-corrected chi connectivity index (χ3v) is 7.24. The number of benzene rings is 3. The van der Waals surface area contributed by atoms with Crippen LogP contribution in [0.15, 0.2) is 96.6 Å². The Hall–Kier alpha value is -3.94. The summed E-state index contributed by atoms with van der Waals surface area (Å²) in [6.45, 7) is 8.17. The van der Waals surface area contributed by atoms with Gasteiger partial charge in [-0.2, -0.15) is 5.10 Å². The van der Waals surface area contributed by atoms with Crippen LogP contribution in [0.25, 0.3) is 23.0 Å². The van der Waals surface area contributed by atoms with E-state index in [2.05, 4.69) is 6.58 Å². The third-order valence-electron chi connectivity index (χ3n) is 5.94. The van der Waals surface area contributed by atoms with Crippen LogP contribution in [-0.2, 0) is 4.79 Å². The molecule has 4 aromatic rings. The zero-order chi connectivity index (χ0) is 25.9. The molecule has 0 N–H and O–H groups in total. The topological polar surface area (TPSA) is 47.4 Å². The first-order chi connectivity index (χ1) is 17.9. The molecule has 7 heteroatoms. The fourth-order valence-electron chi connectivity index (χ4n) is 4.06. The van der Waals surface area contributed by atoms with Crippen LogP contribution in [0.1, 0.15) is 16.7 Å². The van der Waals surface area contributed by atoms with E-state index >= 15 is 0 Å². The number of hydrogen-bond acceptors (Lipinski definition) is 5. The van der Waals surface area contributed by atoms with Gasteiger partial charge < -0.3 is 4.74 Å². The molecule has 0 atom stereocenters. The average molecular weight is 524 g/mol. The Labute approximate surface area is 226 Å². The number of carbonyl (C=O) groups is 1. The molecule has 0 spiro atoms. The molecule has 184 valence electrons. The minimum absolute atomic E-state index is 0.137. The van der Waals surface area contributed by atoms with E-state index in [0.717, 1.165) is 45.1 Å². The number of ether oxygens (including phenoxy) is 1. The molecule has 3 aromatic carbocycles. The smallest absolute Gasteiger partial charge is 0.270 e. The van der Waals surface area contributed by atoms with Gasteiger partial charge in [-0.15, -0.1) is 0 Å². The van der Waals surface area contributed by atoms with Gasteiger partial charge in [-0.1, -0.05) is 72.5 Å². The molecule has 0 saturated carbocycles. The van der Waals surface area contributed by atoms with E-state index < -0.39 is 0 Å². The number of thioether (sulfide) groups is 1. The summed E-state index contributed by atoms with van der Waals surface area (Å²) in [7, 11) is 0. The van der Waals surface area contributed by atoms with Crippen LogP contribution >= 0.6 is 24.0 Å². The normalized spacial score (nSPS) is 14.4. The maximum atomic E-state index is 13.4. The molecule has 1 aliphatic heterocycles. The summed E-state index contributed by atoms with van der Waals surface area (Å²) in [5.74, 6) is 0.660. The van der Waals surface area contributed by atoms with Crippen molar-refractivity contribution in [1.29, 1.82) is 0 Å². The minimum Gasteiger partial charge on any atom is -0.489 e. The fraction of sp³-hybridized carbons (Fsp3) is 0.100. The quantitative estimate of drug-likeness (QED) is 0.147. The molecule has 1 saturated heterocycles. The van der Waals surface area contributed by atoms with Crippen molar-refractivity contribution in [3.8, 4) is 22.7 Å². The summed E-state index contributed by atoms with van der Waals surface area (Å²) in [5.41, 5.74) is 6.33. The van der Waals surface area contributed by atoms with Gasteiger partial charge in [0, 0.05) is 17.3 Å². The number of carbonyl (C=O) groups excluding carboxylic acids is 1. The van der Waals surface area contributed by atoms with Gasteiger partial charge in [0.1, 0.15) is 18.1 Å². The molecule has 1 aliphatic rings. The monoisotopic (exact) mass is 523 g/mol. The van der Waals surface area contributed by atoms with Gasteiger partial charge in [0.25, 0.3) is 5.91 Å². The Morgan fingerprint density at radius 2 is 1.78 bits per heavy atom. The molecule has 1 aromatic heterocycles. The van der Waals surface area contributed by atoms with Gasteiger partial charge in [0.15, 0.2) is 4.32 Å². The second kappa shape index (κ2) is 10.6. The zero-order valence-corrected chi connectivity index (χ0v) is 22.2. The van der Waals surface area contributed by atoms with E-state index in [1.54, 1.807) is 11.0 Å². The SMILES string of the molecule is C=CCOc1ccc(-c2nn(-c3ccccc3)cc2/C=C2/SC(=S)N(c3ccc(C)cc3)C2=O)cc1C. The Bertz CT molecular complexity index is 1520. The molecule has 37 heavy (non-hydrogen) atoms. The lowest BCUT2D eigenvalue weighted by Crippen LogP contribution is -2.27. The number of aromatic nitrogens is 2. The molecule has 2 heterocycles. The van der Waals surface area contributed by atoms with Crippen molar-refractivity contribution < 1.29 is 9.53 Å². The summed E-state index contributed by atoms with van der Waals surface area (Å²) < 4.78 is 8.10.